The standard InChI is InChI=1S/C11H6F6OS2/c12-10(13,14)9(18,11(15,16)17)6-3-5-20-8(6)7-2-1-4-19-7/h1-5,18H. The van der Waals surface area contributed by atoms with E-state index in [0.29, 0.717) is 17.4 Å². The number of alkyl halides is 6. The van der Waals surface area contributed by atoms with Crippen molar-refractivity contribution in [3.05, 3.63) is 34.5 Å². The molecule has 0 aromatic carbocycles. The maximum atomic E-state index is 12.8. The van der Waals surface area contributed by atoms with Crippen molar-refractivity contribution in [1.29, 1.82) is 0 Å². The second-order valence-corrected chi connectivity index (χ2v) is 5.71. The fourth-order valence-corrected chi connectivity index (χ4v) is 3.49. The Morgan fingerprint density at radius 2 is 1.45 bits per heavy atom. The quantitative estimate of drug-likeness (QED) is 0.784. The Kier molecular flexibility index (Phi) is 3.64. The first-order valence-electron chi connectivity index (χ1n) is 5.06. The van der Waals surface area contributed by atoms with E-state index < -0.39 is 23.5 Å². The minimum Gasteiger partial charge on any atom is -0.369 e. The first-order chi connectivity index (χ1) is 9.09. The molecule has 0 saturated carbocycles. The van der Waals surface area contributed by atoms with Crippen LogP contribution in [0.4, 0.5) is 26.3 Å². The summed E-state index contributed by atoms with van der Waals surface area (Å²) in [5, 5.41) is 12.0. The van der Waals surface area contributed by atoms with Gasteiger partial charge in [-0.25, -0.2) is 0 Å². The molecule has 1 N–H and O–H groups in total. The Hall–Kier alpha value is -1.06. The normalized spacial score (nSPS) is 13.8. The van der Waals surface area contributed by atoms with E-state index in [1.54, 1.807) is 0 Å². The van der Waals surface area contributed by atoms with E-state index in [1.807, 2.05) is 0 Å². The summed E-state index contributed by atoms with van der Waals surface area (Å²) in [5.41, 5.74) is -6.07. The smallest absolute Gasteiger partial charge is 0.369 e. The maximum absolute atomic E-state index is 12.8. The molecule has 0 bridgehead atoms. The molecule has 0 saturated heterocycles. The first kappa shape index (κ1) is 15.3. The van der Waals surface area contributed by atoms with E-state index in [9.17, 15) is 31.4 Å². The lowest BCUT2D eigenvalue weighted by molar-refractivity contribution is -0.375. The van der Waals surface area contributed by atoms with Gasteiger partial charge in [0.05, 0.1) is 4.88 Å². The zero-order chi connectivity index (χ0) is 15.2. The van der Waals surface area contributed by atoms with Crippen molar-refractivity contribution < 1.29 is 31.4 Å². The molecule has 0 atom stereocenters. The lowest BCUT2D eigenvalue weighted by Gasteiger charge is -2.32. The van der Waals surface area contributed by atoms with Crippen molar-refractivity contribution in [2.75, 3.05) is 0 Å². The van der Waals surface area contributed by atoms with Gasteiger partial charge in [-0.1, -0.05) is 6.07 Å². The summed E-state index contributed by atoms with van der Waals surface area (Å²) < 4.78 is 76.9. The molecule has 0 aliphatic heterocycles. The lowest BCUT2D eigenvalue weighted by atomic mass is 9.92. The number of hydrogen-bond donors (Lipinski definition) is 1. The highest BCUT2D eigenvalue weighted by molar-refractivity contribution is 7.20. The molecule has 2 aromatic heterocycles. The van der Waals surface area contributed by atoms with Gasteiger partial charge < -0.3 is 5.11 Å². The molecule has 110 valence electrons. The van der Waals surface area contributed by atoms with Crippen LogP contribution in [0.1, 0.15) is 5.56 Å². The highest BCUT2D eigenvalue weighted by Gasteiger charge is 2.72. The molecular formula is C11H6F6OS2. The molecule has 0 aliphatic rings. The van der Waals surface area contributed by atoms with Gasteiger partial charge in [-0.15, -0.1) is 22.7 Å². The Balaban J connectivity index is 2.67. The van der Waals surface area contributed by atoms with Gasteiger partial charge in [0.2, 0.25) is 0 Å². The summed E-state index contributed by atoms with van der Waals surface area (Å²) in [4.78, 5) is -0.000856. The summed E-state index contributed by atoms with van der Waals surface area (Å²) in [5.74, 6) is 0. The highest BCUT2D eigenvalue weighted by Crippen LogP contribution is 2.53. The third-order valence-electron chi connectivity index (χ3n) is 2.62. The van der Waals surface area contributed by atoms with Gasteiger partial charge >= 0.3 is 12.4 Å². The van der Waals surface area contributed by atoms with Crippen LogP contribution in [-0.4, -0.2) is 17.5 Å². The third-order valence-corrected chi connectivity index (χ3v) is 4.58. The molecule has 2 heterocycles. The van der Waals surface area contributed by atoms with E-state index in [0.717, 1.165) is 16.7 Å². The van der Waals surface area contributed by atoms with Gasteiger partial charge in [0.1, 0.15) is 0 Å². The Bertz CT molecular complexity index is 567. The highest BCUT2D eigenvalue weighted by atomic mass is 32.1. The third kappa shape index (κ3) is 2.23. The van der Waals surface area contributed by atoms with Gasteiger partial charge in [0.25, 0.3) is 5.60 Å². The molecule has 2 aromatic rings. The summed E-state index contributed by atoms with van der Waals surface area (Å²) in [6.07, 6.45) is -11.7. The average molecular weight is 332 g/mol. The predicted molar refractivity (Wildman–Crippen MR) is 63.6 cm³/mol. The SMILES string of the molecule is OC(c1ccsc1-c1cccs1)(C(F)(F)F)C(F)(F)F. The van der Waals surface area contributed by atoms with Crippen LogP contribution in [0.5, 0.6) is 0 Å². The summed E-state index contributed by atoms with van der Waals surface area (Å²) in [7, 11) is 0. The average Bonchev–Trinajstić information content (AvgIpc) is 2.95. The summed E-state index contributed by atoms with van der Waals surface area (Å²) in [6, 6.07) is 3.55. The molecule has 20 heavy (non-hydrogen) atoms. The van der Waals surface area contributed by atoms with Gasteiger partial charge in [-0.05, 0) is 22.9 Å². The fourth-order valence-electron chi connectivity index (χ4n) is 1.66. The van der Waals surface area contributed by atoms with Crippen molar-refractivity contribution in [2.45, 2.75) is 18.0 Å². The van der Waals surface area contributed by atoms with Crippen molar-refractivity contribution >= 4 is 22.7 Å². The van der Waals surface area contributed by atoms with Gasteiger partial charge in [0.15, 0.2) is 0 Å². The number of thiophene rings is 2. The number of aliphatic hydroxyl groups is 1. The topological polar surface area (TPSA) is 20.2 Å². The molecule has 0 spiro atoms. The second-order valence-electron chi connectivity index (χ2n) is 3.85. The molecule has 0 unspecified atom stereocenters. The largest absolute Gasteiger partial charge is 0.430 e. The van der Waals surface area contributed by atoms with Gasteiger partial charge in [-0.2, -0.15) is 26.3 Å². The van der Waals surface area contributed by atoms with E-state index >= 15 is 0 Å². The Morgan fingerprint density at radius 3 is 1.90 bits per heavy atom. The van der Waals surface area contributed by atoms with Gasteiger partial charge in [-0.3, -0.25) is 0 Å². The zero-order valence-corrected chi connectivity index (χ0v) is 11.1. The van der Waals surface area contributed by atoms with E-state index in [1.165, 1.54) is 17.5 Å². The van der Waals surface area contributed by atoms with E-state index in [-0.39, 0.29) is 9.75 Å². The van der Waals surface area contributed by atoms with Crippen molar-refractivity contribution in [2.24, 2.45) is 0 Å². The van der Waals surface area contributed by atoms with Crippen molar-refractivity contribution in [3.8, 4) is 9.75 Å². The molecule has 0 radical (unpaired) electrons. The minimum atomic E-state index is -5.86. The van der Waals surface area contributed by atoms with Crippen LogP contribution in [0.15, 0.2) is 29.0 Å². The van der Waals surface area contributed by atoms with E-state index in [4.69, 9.17) is 0 Å². The zero-order valence-electron chi connectivity index (χ0n) is 9.42. The lowest BCUT2D eigenvalue weighted by Crippen LogP contribution is -2.53. The van der Waals surface area contributed by atoms with Crippen LogP contribution in [-0.2, 0) is 5.60 Å². The van der Waals surface area contributed by atoms with Crippen LogP contribution >= 0.6 is 22.7 Å². The first-order valence-corrected chi connectivity index (χ1v) is 6.82. The fraction of sp³-hybridized carbons (Fsp3) is 0.273. The van der Waals surface area contributed by atoms with Gasteiger partial charge in [0, 0.05) is 10.4 Å². The van der Waals surface area contributed by atoms with Crippen molar-refractivity contribution in [3.63, 3.8) is 0 Å². The molecule has 2 rings (SSSR count). The monoisotopic (exact) mass is 332 g/mol. The van der Waals surface area contributed by atoms with Crippen LogP contribution in [0, 0.1) is 0 Å². The minimum absolute atomic E-state index is 0.238. The van der Waals surface area contributed by atoms with Crippen LogP contribution in [0.2, 0.25) is 0 Å². The maximum Gasteiger partial charge on any atom is 0.430 e. The van der Waals surface area contributed by atoms with Crippen LogP contribution < -0.4 is 0 Å². The number of rotatable bonds is 2. The molecule has 0 aliphatic carbocycles. The van der Waals surface area contributed by atoms with E-state index in [2.05, 4.69) is 0 Å². The molecular weight excluding hydrogens is 326 g/mol. The second kappa shape index (κ2) is 4.74. The molecule has 0 fully saturated rings. The van der Waals surface area contributed by atoms with Crippen LogP contribution in [0.25, 0.3) is 9.75 Å². The molecule has 0 amide bonds. The summed E-state index contributed by atoms with van der Waals surface area (Å²) >= 11 is 1.71. The molecule has 1 nitrogen and oxygen atoms in total. The summed E-state index contributed by atoms with van der Waals surface area (Å²) in [6.45, 7) is 0. The Morgan fingerprint density at radius 1 is 0.850 bits per heavy atom. The predicted octanol–water partition coefficient (Wildman–Crippen LogP) is 4.79. The van der Waals surface area contributed by atoms with Crippen molar-refractivity contribution in [1.82, 2.24) is 0 Å². The van der Waals surface area contributed by atoms with Crippen LogP contribution in [0.3, 0.4) is 0 Å². The number of hydrogen-bond acceptors (Lipinski definition) is 3. The Labute approximate surface area is 117 Å². The number of halogens is 6. The molecule has 9 heteroatoms.